The minimum absolute atomic E-state index is 0.282. The van der Waals surface area contributed by atoms with Gasteiger partial charge in [0.2, 0.25) is 0 Å². The second-order valence-electron chi connectivity index (χ2n) is 4.17. The van der Waals surface area contributed by atoms with Gasteiger partial charge in [-0.25, -0.2) is 0 Å². The number of ether oxygens (including phenoxy) is 2. The summed E-state index contributed by atoms with van der Waals surface area (Å²) in [6, 6.07) is 8.43. The number of benzene rings is 1. The molecule has 1 aliphatic heterocycles. The van der Waals surface area contributed by atoms with Gasteiger partial charge in [-0.3, -0.25) is 4.90 Å². The maximum atomic E-state index is 5.89. The van der Waals surface area contributed by atoms with E-state index >= 15 is 0 Å². The van der Waals surface area contributed by atoms with Crippen molar-refractivity contribution in [2.45, 2.75) is 6.04 Å². The Labute approximate surface area is 102 Å². The standard InChI is InChI=1S/C13H20N2O2/c1-16-12-4-2-11(3-5-12)13(10-14)15-6-8-17-9-7-15/h2-5,13H,6-10,14H2,1H3/t13-/m1/s1. The third-order valence-corrected chi connectivity index (χ3v) is 3.21. The number of rotatable bonds is 4. The first-order valence-electron chi connectivity index (χ1n) is 6.01. The first-order chi connectivity index (χ1) is 8.35. The van der Waals surface area contributed by atoms with E-state index in [-0.39, 0.29) is 6.04 Å². The fourth-order valence-electron chi connectivity index (χ4n) is 2.21. The van der Waals surface area contributed by atoms with E-state index in [0.29, 0.717) is 6.54 Å². The molecular formula is C13H20N2O2. The van der Waals surface area contributed by atoms with Crippen LogP contribution >= 0.6 is 0 Å². The van der Waals surface area contributed by atoms with E-state index in [1.807, 2.05) is 12.1 Å². The fraction of sp³-hybridized carbons (Fsp3) is 0.538. The van der Waals surface area contributed by atoms with Crippen molar-refractivity contribution in [2.75, 3.05) is 40.0 Å². The second-order valence-corrected chi connectivity index (χ2v) is 4.17. The Bertz CT molecular complexity index is 334. The van der Waals surface area contributed by atoms with Crippen LogP contribution in [-0.4, -0.2) is 44.9 Å². The second kappa shape index (κ2) is 6.00. The molecule has 0 aliphatic carbocycles. The highest BCUT2D eigenvalue weighted by atomic mass is 16.5. The van der Waals surface area contributed by atoms with Gasteiger partial charge in [0.1, 0.15) is 5.75 Å². The molecule has 1 heterocycles. The van der Waals surface area contributed by atoms with Crippen molar-refractivity contribution in [3.8, 4) is 5.75 Å². The summed E-state index contributed by atoms with van der Waals surface area (Å²) in [5.41, 5.74) is 7.14. The van der Waals surface area contributed by atoms with Crippen molar-refractivity contribution in [1.82, 2.24) is 4.90 Å². The minimum Gasteiger partial charge on any atom is -0.497 e. The number of hydrogen-bond donors (Lipinski definition) is 1. The summed E-state index contributed by atoms with van der Waals surface area (Å²) in [6.45, 7) is 4.13. The van der Waals surface area contributed by atoms with E-state index in [1.54, 1.807) is 7.11 Å². The van der Waals surface area contributed by atoms with Crippen LogP contribution in [0.4, 0.5) is 0 Å². The Morgan fingerprint density at radius 3 is 2.47 bits per heavy atom. The summed E-state index contributed by atoms with van der Waals surface area (Å²) < 4.78 is 10.5. The summed E-state index contributed by atoms with van der Waals surface area (Å²) in [7, 11) is 1.68. The SMILES string of the molecule is COc1ccc([C@@H](CN)N2CCOCC2)cc1. The third-order valence-electron chi connectivity index (χ3n) is 3.21. The summed E-state index contributed by atoms with van der Waals surface area (Å²) in [4.78, 5) is 2.38. The fourth-order valence-corrected chi connectivity index (χ4v) is 2.21. The van der Waals surface area contributed by atoms with Crippen LogP contribution in [0.5, 0.6) is 5.75 Å². The van der Waals surface area contributed by atoms with E-state index in [1.165, 1.54) is 5.56 Å². The zero-order valence-corrected chi connectivity index (χ0v) is 10.3. The molecule has 17 heavy (non-hydrogen) atoms. The molecule has 1 fully saturated rings. The van der Waals surface area contributed by atoms with Gasteiger partial charge < -0.3 is 15.2 Å². The molecule has 0 spiro atoms. The zero-order chi connectivity index (χ0) is 12.1. The third kappa shape index (κ3) is 2.97. The minimum atomic E-state index is 0.282. The van der Waals surface area contributed by atoms with Gasteiger partial charge in [0, 0.05) is 25.7 Å². The van der Waals surface area contributed by atoms with Gasteiger partial charge in [-0.15, -0.1) is 0 Å². The van der Waals surface area contributed by atoms with Crippen LogP contribution in [0.2, 0.25) is 0 Å². The molecule has 1 saturated heterocycles. The zero-order valence-electron chi connectivity index (χ0n) is 10.3. The lowest BCUT2D eigenvalue weighted by Crippen LogP contribution is -2.41. The van der Waals surface area contributed by atoms with Crippen molar-refractivity contribution >= 4 is 0 Å². The van der Waals surface area contributed by atoms with Gasteiger partial charge in [0.05, 0.1) is 20.3 Å². The monoisotopic (exact) mass is 236 g/mol. The van der Waals surface area contributed by atoms with Gasteiger partial charge in [0.15, 0.2) is 0 Å². The molecule has 2 N–H and O–H groups in total. The Morgan fingerprint density at radius 2 is 1.94 bits per heavy atom. The van der Waals surface area contributed by atoms with Gasteiger partial charge in [-0.05, 0) is 17.7 Å². The quantitative estimate of drug-likeness (QED) is 0.848. The Hall–Kier alpha value is -1.10. The highest BCUT2D eigenvalue weighted by molar-refractivity contribution is 5.29. The molecular weight excluding hydrogens is 216 g/mol. The van der Waals surface area contributed by atoms with Crippen LogP contribution in [0.1, 0.15) is 11.6 Å². The molecule has 0 amide bonds. The van der Waals surface area contributed by atoms with Gasteiger partial charge in [-0.2, -0.15) is 0 Å². The Balaban J connectivity index is 2.10. The van der Waals surface area contributed by atoms with Crippen molar-refractivity contribution in [1.29, 1.82) is 0 Å². The molecule has 0 saturated carbocycles. The van der Waals surface area contributed by atoms with Gasteiger partial charge >= 0.3 is 0 Å². The molecule has 0 bridgehead atoms. The highest BCUT2D eigenvalue weighted by Gasteiger charge is 2.21. The van der Waals surface area contributed by atoms with Crippen LogP contribution in [-0.2, 0) is 4.74 Å². The van der Waals surface area contributed by atoms with Crippen molar-refractivity contribution in [2.24, 2.45) is 5.73 Å². The summed E-state index contributed by atoms with van der Waals surface area (Å²) in [5.74, 6) is 0.881. The predicted octanol–water partition coefficient (Wildman–Crippen LogP) is 1.03. The average Bonchev–Trinajstić information content (AvgIpc) is 2.42. The summed E-state index contributed by atoms with van der Waals surface area (Å²) in [6.07, 6.45) is 0. The molecule has 0 aromatic heterocycles. The molecule has 2 rings (SSSR count). The Kier molecular flexibility index (Phi) is 4.36. The van der Waals surface area contributed by atoms with Crippen LogP contribution in [0.15, 0.2) is 24.3 Å². The molecule has 4 heteroatoms. The first-order valence-corrected chi connectivity index (χ1v) is 6.01. The molecule has 94 valence electrons. The van der Waals surface area contributed by atoms with Crippen molar-refractivity contribution in [3.05, 3.63) is 29.8 Å². The maximum Gasteiger partial charge on any atom is 0.118 e. The largest absolute Gasteiger partial charge is 0.497 e. The lowest BCUT2D eigenvalue weighted by atomic mass is 10.0. The topological polar surface area (TPSA) is 47.7 Å². The van der Waals surface area contributed by atoms with Crippen molar-refractivity contribution in [3.63, 3.8) is 0 Å². The van der Waals surface area contributed by atoms with Gasteiger partial charge in [-0.1, -0.05) is 12.1 Å². The normalized spacial score (nSPS) is 18.9. The predicted molar refractivity (Wildman–Crippen MR) is 67.2 cm³/mol. The van der Waals surface area contributed by atoms with Crippen LogP contribution in [0.3, 0.4) is 0 Å². The molecule has 1 aliphatic rings. The van der Waals surface area contributed by atoms with E-state index in [9.17, 15) is 0 Å². The lowest BCUT2D eigenvalue weighted by Gasteiger charge is -2.34. The van der Waals surface area contributed by atoms with E-state index in [0.717, 1.165) is 32.1 Å². The van der Waals surface area contributed by atoms with E-state index in [4.69, 9.17) is 15.2 Å². The van der Waals surface area contributed by atoms with Crippen LogP contribution in [0.25, 0.3) is 0 Å². The number of nitrogens with zero attached hydrogens (tertiary/aromatic N) is 1. The highest BCUT2D eigenvalue weighted by Crippen LogP contribution is 2.22. The molecule has 1 atom stereocenters. The summed E-state index contributed by atoms with van der Waals surface area (Å²) >= 11 is 0. The van der Waals surface area contributed by atoms with Crippen LogP contribution < -0.4 is 10.5 Å². The van der Waals surface area contributed by atoms with Crippen molar-refractivity contribution < 1.29 is 9.47 Å². The molecule has 0 unspecified atom stereocenters. The molecule has 1 aromatic rings. The van der Waals surface area contributed by atoms with E-state index < -0.39 is 0 Å². The summed E-state index contributed by atoms with van der Waals surface area (Å²) in [5, 5.41) is 0. The number of morpholine rings is 1. The average molecular weight is 236 g/mol. The van der Waals surface area contributed by atoms with Crippen LogP contribution in [0, 0.1) is 0 Å². The molecule has 1 aromatic carbocycles. The lowest BCUT2D eigenvalue weighted by molar-refractivity contribution is 0.0179. The Morgan fingerprint density at radius 1 is 1.29 bits per heavy atom. The number of nitrogens with two attached hydrogens (primary N) is 1. The number of methoxy groups -OCH3 is 1. The number of hydrogen-bond acceptors (Lipinski definition) is 4. The smallest absolute Gasteiger partial charge is 0.118 e. The first kappa shape index (κ1) is 12.4. The van der Waals surface area contributed by atoms with E-state index in [2.05, 4.69) is 17.0 Å². The maximum absolute atomic E-state index is 5.89. The molecule has 4 nitrogen and oxygen atoms in total. The molecule has 0 radical (unpaired) electrons. The van der Waals surface area contributed by atoms with Gasteiger partial charge in [0.25, 0.3) is 0 Å².